The van der Waals surface area contributed by atoms with Crippen LogP contribution in [-0.2, 0) is 12.8 Å². The summed E-state index contributed by atoms with van der Waals surface area (Å²) in [5.41, 5.74) is 15.3. The number of rotatable bonds is 11. The van der Waals surface area contributed by atoms with Gasteiger partial charge in [-0.15, -0.1) is 0 Å². The maximum absolute atomic E-state index is 2.37. The van der Waals surface area contributed by atoms with Crippen LogP contribution in [0.1, 0.15) is 61.9 Å². The molecule has 0 bridgehead atoms. The Morgan fingerprint density at radius 2 is 0.600 bits per heavy atom. The summed E-state index contributed by atoms with van der Waals surface area (Å²) in [6, 6.07) is 67.0. The van der Waals surface area contributed by atoms with E-state index >= 15 is 0 Å². The smallest absolute Gasteiger partial charge is 0.0461 e. The van der Waals surface area contributed by atoms with Crippen LogP contribution in [0.4, 0.5) is 17.1 Å². The third-order valence-electron chi connectivity index (χ3n) is 9.92. The molecule has 1 nitrogen and oxygen atoms in total. The topological polar surface area (TPSA) is 3.24 Å². The summed E-state index contributed by atoms with van der Waals surface area (Å²) in [4.78, 5) is 2.37. The third-order valence-corrected chi connectivity index (χ3v) is 9.92. The minimum absolute atomic E-state index is 0.294. The van der Waals surface area contributed by atoms with E-state index in [1.54, 1.807) is 0 Å². The first-order chi connectivity index (χ1) is 24.5. The summed E-state index contributed by atoms with van der Waals surface area (Å²) in [7, 11) is 0. The monoisotopic (exact) mass is 647 g/mol. The van der Waals surface area contributed by atoms with Crippen molar-refractivity contribution in [3.05, 3.63) is 232 Å². The van der Waals surface area contributed by atoms with Crippen molar-refractivity contribution in [2.45, 2.75) is 45.4 Å². The second-order valence-electron chi connectivity index (χ2n) is 13.7. The van der Waals surface area contributed by atoms with E-state index in [1.165, 1.54) is 50.1 Å². The van der Waals surface area contributed by atoms with Crippen LogP contribution >= 0.6 is 0 Å². The van der Waals surface area contributed by atoms with Crippen molar-refractivity contribution in [1.82, 2.24) is 0 Å². The van der Waals surface area contributed by atoms with Crippen LogP contribution in [0.3, 0.4) is 0 Å². The molecule has 246 valence electrons. The zero-order valence-corrected chi connectivity index (χ0v) is 29.3. The molecular weight excluding hydrogens is 603 g/mol. The zero-order chi connectivity index (χ0) is 34.3. The Morgan fingerprint density at radius 1 is 0.320 bits per heavy atom. The van der Waals surface area contributed by atoms with Crippen LogP contribution in [0.2, 0.25) is 0 Å². The molecule has 0 aliphatic carbocycles. The van der Waals surface area contributed by atoms with Crippen LogP contribution in [-0.4, -0.2) is 0 Å². The van der Waals surface area contributed by atoms with E-state index in [0.717, 1.165) is 29.9 Å². The second-order valence-corrected chi connectivity index (χ2v) is 13.7. The molecule has 0 amide bonds. The van der Waals surface area contributed by atoms with Gasteiger partial charge in [0.25, 0.3) is 0 Å². The standard InChI is InChI=1S/C49H45N/c1-36-14-24-43(25-15-36)48(41-10-6-4-7-11-41)34-39-20-30-46(31-21-39)50(45-28-18-38(3)19-29-45)47-32-22-40(23-33-47)35-49(42-12-8-5-9-13-42)44-26-16-37(2)17-27-44/h4-33,48-49H,34-35H2,1-3H3. The minimum atomic E-state index is 0.294. The highest BCUT2D eigenvalue weighted by Crippen LogP contribution is 2.37. The van der Waals surface area contributed by atoms with Gasteiger partial charge < -0.3 is 4.90 Å². The quantitative estimate of drug-likeness (QED) is 0.135. The fourth-order valence-corrected chi connectivity index (χ4v) is 7.00. The van der Waals surface area contributed by atoms with Gasteiger partial charge in [0.15, 0.2) is 0 Å². The number of benzene rings is 7. The third kappa shape index (κ3) is 7.80. The number of nitrogens with zero attached hydrogens (tertiary/aromatic N) is 1. The molecule has 0 aromatic heterocycles. The summed E-state index contributed by atoms with van der Waals surface area (Å²) in [6.07, 6.45) is 1.88. The lowest BCUT2D eigenvalue weighted by Gasteiger charge is -2.26. The van der Waals surface area contributed by atoms with E-state index in [9.17, 15) is 0 Å². The van der Waals surface area contributed by atoms with Crippen LogP contribution in [0.15, 0.2) is 182 Å². The molecule has 2 atom stereocenters. The normalized spacial score (nSPS) is 12.3. The zero-order valence-electron chi connectivity index (χ0n) is 29.3. The van der Waals surface area contributed by atoms with Crippen molar-refractivity contribution in [2.75, 3.05) is 4.90 Å². The van der Waals surface area contributed by atoms with E-state index in [4.69, 9.17) is 0 Å². The molecule has 0 saturated heterocycles. The highest BCUT2D eigenvalue weighted by molar-refractivity contribution is 5.76. The molecule has 7 rings (SSSR count). The Morgan fingerprint density at radius 3 is 0.940 bits per heavy atom. The molecule has 0 saturated carbocycles. The molecule has 2 unspecified atom stereocenters. The van der Waals surface area contributed by atoms with Gasteiger partial charge >= 0.3 is 0 Å². The molecular formula is C49H45N. The first-order valence-corrected chi connectivity index (χ1v) is 17.8. The van der Waals surface area contributed by atoms with Gasteiger partial charge in [-0.3, -0.25) is 0 Å². The lowest BCUT2D eigenvalue weighted by molar-refractivity contribution is 0.804. The summed E-state index contributed by atoms with van der Waals surface area (Å²) in [5, 5.41) is 0. The predicted molar refractivity (Wildman–Crippen MR) is 212 cm³/mol. The summed E-state index contributed by atoms with van der Waals surface area (Å²) in [6.45, 7) is 6.45. The molecule has 50 heavy (non-hydrogen) atoms. The number of hydrogen-bond acceptors (Lipinski definition) is 1. The number of aryl methyl sites for hydroxylation is 3. The van der Waals surface area contributed by atoms with Gasteiger partial charge in [0, 0.05) is 28.9 Å². The molecule has 0 fully saturated rings. The van der Waals surface area contributed by atoms with Crippen LogP contribution in [0.5, 0.6) is 0 Å². The second kappa shape index (κ2) is 15.3. The van der Waals surface area contributed by atoms with Crippen molar-refractivity contribution in [3.63, 3.8) is 0 Å². The average molecular weight is 648 g/mol. The first kappa shape index (κ1) is 32.9. The molecule has 0 radical (unpaired) electrons. The highest BCUT2D eigenvalue weighted by atomic mass is 15.1. The lowest BCUT2D eigenvalue weighted by Crippen LogP contribution is -2.11. The highest BCUT2D eigenvalue weighted by Gasteiger charge is 2.18. The summed E-state index contributed by atoms with van der Waals surface area (Å²) in [5.74, 6) is 0.589. The molecule has 7 aromatic rings. The van der Waals surface area contributed by atoms with E-state index in [-0.39, 0.29) is 0 Å². The molecule has 0 aliphatic heterocycles. The SMILES string of the molecule is Cc1ccc(C(Cc2ccc(N(c3ccc(C)cc3)c3ccc(CC(c4ccccc4)c4ccc(C)cc4)cc3)cc2)c2ccccc2)cc1. The van der Waals surface area contributed by atoms with Crippen LogP contribution in [0, 0.1) is 20.8 Å². The predicted octanol–water partition coefficient (Wildman–Crippen LogP) is 12.8. The number of anilines is 3. The molecule has 0 aliphatic rings. The largest absolute Gasteiger partial charge is 0.311 e. The summed E-state index contributed by atoms with van der Waals surface area (Å²) >= 11 is 0. The van der Waals surface area contributed by atoms with Crippen molar-refractivity contribution in [2.24, 2.45) is 0 Å². The Labute approximate surface area is 298 Å². The molecule has 0 heterocycles. The Kier molecular flexibility index (Phi) is 10.0. The van der Waals surface area contributed by atoms with Crippen LogP contribution in [0.25, 0.3) is 0 Å². The molecule has 0 N–H and O–H groups in total. The summed E-state index contributed by atoms with van der Waals surface area (Å²) < 4.78 is 0. The maximum atomic E-state index is 2.37. The molecule has 0 spiro atoms. The Hall–Kier alpha value is -5.66. The van der Waals surface area contributed by atoms with E-state index in [1.807, 2.05) is 0 Å². The average Bonchev–Trinajstić information content (AvgIpc) is 3.16. The van der Waals surface area contributed by atoms with Gasteiger partial charge in [0.05, 0.1) is 0 Å². The van der Waals surface area contributed by atoms with Crippen LogP contribution < -0.4 is 4.90 Å². The Balaban J connectivity index is 1.17. The molecule has 7 aromatic carbocycles. The maximum Gasteiger partial charge on any atom is 0.0461 e. The van der Waals surface area contributed by atoms with Gasteiger partial charge in [-0.1, -0.05) is 162 Å². The number of hydrogen-bond donors (Lipinski definition) is 0. The van der Waals surface area contributed by atoms with Gasteiger partial charge in [-0.25, -0.2) is 0 Å². The van der Waals surface area contributed by atoms with Crippen molar-refractivity contribution >= 4 is 17.1 Å². The van der Waals surface area contributed by atoms with E-state index in [2.05, 4.69) is 208 Å². The van der Waals surface area contributed by atoms with E-state index < -0.39 is 0 Å². The van der Waals surface area contributed by atoms with Gasteiger partial charge in [0.1, 0.15) is 0 Å². The fourth-order valence-electron chi connectivity index (χ4n) is 7.00. The van der Waals surface area contributed by atoms with Gasteiger partial charge in [-0.2, -0.15) is 0 Å². The fraction of sp³-hybridized carbons (Fsp3) is 0.143. The minimum Gasteiger partial charge on any atom is -0.311 e. The van der Waals surface area contributed by atoms with Crippen molar-refractivity contribution in [3.8, 4) is 0 Å². The van der Waals surface area contributed by atoms with Gasteiger partial charge in [0.2, 0.25) is 0 Å². The first-order valence-electron chi connectivity index (χ1n) is 17.8. The van der Waals surface area contributed by atoms with Crippen molar-refractivity contribution < 1.29 is 0 Å². The van der Waals surface area contributed by atoms with Gasteiger partial charge in [-0.05, 0) is 103 Å². The van der Waals surface area contributed by atoms with E-state index in [0.29, 0.717) is 11.8 Å². The lowest BCUT2D eigenvalue weighted by atomic mass is 9.85. The Bertz CT molecular complexity index is 1940. The molecule has 1 heteroatoms. The van der Waals surface area contributed by atoms with Crippen molar-refractivity contribution in [1.29, 1.82) is 0 Å².